The van der Waals surface area contributed by atoms with E-state index in [1.54, 1.807) is 0 Å². The molecular weight excluding hydrogens is 264 g/mol. The molecule has 21 heavy (non-hydrogen) atoms. The number of primary amides is 1. The largest absolute Gasteiger partial charge is 0.368 e. The number of fused-ring (bicyclic) bond motifs is 1. The lowest BCUT2D eigenvalue weighted by atomic mass is 10.0. The van der Waals surface area contributed by atoms with Gasteiger partial charge in [-0.3, -0.25) is 9.69 Å². The van der Waals surface area contributed by atoms with Crippen molar-refractivity contribution in [2.75, 3.05) is 13.2 Å². The van der Waals surface area contributed by atoms with E-state index in [-0.39, 0.29) is 24.1 Å². The molecule has 1 aliphatic heterocycles. The lowest BCUT2D eigenvalue weighted by Gasteiger charge is -2.33. The second-order valence-corrected chi connectivity index (χ2v) is 5.70. The molecule has 4 nitrogen and oxygen atoms in total. The summed E-state index contributed by atoms with van der Waals surface area (Å²) in [5, 5.41) is 0. The van der Waals surface area contributed by atoms with Crippen LogP contribution in [0.2, 0.25) is 0 Å². The summed E-state index contributed by atoms with van der Waals surface area (Å²) in [6.07, 6.45) is 7.98. The van der Waals surface area contributed by atoms with Crippen molar-refractivity contribution < 1.29 is 9.53 Å². The number of rotatable bonds is 4. The predicted octanol–water partition coefficient (Wildman–Crippen LogP) is 1.25. The summed E-state index contributed by atoms with van der Waals surface area (Å²) in [4.78, 5) is 13.9. The molecular formula is C17H20N2O2. The van der Waals surface area contributed by atoms with E-state index < -0.39 is 0 Å². The average molecular weight is 284 g/mol. The minimum absolute atomic E-state index is 0.00148. The van der Waals surface area contributed by atoms with Gasteiger partial charge >= 0.3 is 0 Å². The number of amides is 1. The van der Waals surface area contributed by atoms with Gasteiger partial charge in [0, 0.05) is 6.42 Å². The molecule has 4 heteroatoms. The van der Waals surface area contributed by atoms with Gasteiger partial charge in [-0.15, -0.1) is 6.42 Å². The Labute approximate surface area is 125 Å². The van der Waals surface area contributed by atoms with E-state index in [1.165, 1.54) is 11.1 Å². The highest BCUT2D eigenvalue weighted by atomic mass is 16.5. The summed E-state index contributed by atoms with van der Waals surface area (Å²) in [6, 6.07) is 8.19. The summed E-state index contributed by atoms with van der Waals surface area (Å²) in [6.45, 7) is 1.17. The number of carbonyl (C=O) groups excluding carboxylic acids is 1. The monoisotopic (exact) mass is 284 g/mol. The van der Waals surface area contributed by atoms with Crippen molar-refractivity contribution in [2.45, 2.75) is 37.5 Å². The second-order valence-electron chi connectivity index (χ2n) is 5.70. The number of terminal acetylenes is 1. The van der Waals surface area contributed by atoms with Gasteiger partial charge < -0.3 is 10.5 Å². The fourth-order valence-electron chi connectivity index (χ4n) is 3.66. The van der Waals surface area contributed by atoms with Crippen LogP contribution in [-0.2, 0) is 16.0 Å². The Bertz CT molecular complexity index is 578. The smallest absolute Gasteiger partial charge is 0.234 e. The van der Waals surface area contributed by atoms with Gasteiger partial charge in [0.15, 0.2) is 0 Å². The number of hydrogen-bond donors (Lipinski definition) is 1. The van der Waals surface area contributed by atoms with Crippen molar-refractivity contribution in [2.24, 2.45) is 5.73 Å². The first-order valence-electron chi connectivity index (χ1n) is 7.40. The van der Waals surface area contributed by atoms with Gasteiger partial charge in [-0.25, -0.2) is 0 Å². The third-order valence-electron chi connectivity index (χ3n) is 4.51. The number of likely N-dealkylation sites (tertiary alicyclic amines) is 1. The molecule has 0 bridgehead atoms. The Morgan fingerprint density at radius 2 is 2.29 bits per heavy atom. The highest BCUT2D eigenvalue weighted by molar-refractivity contribution is 5.80. The fraction of sp³-hybridized carbons (Fsp3) is 0.471. The van der Waals surface area contributed by atoms with Crippen LogP contribution in [0.1, 0.15) is 30.0 Å². The minimum atomic E-state index is -0.243. The molecule has 2 N–H and O–H groups in total. The average Bonchev–Trinajstić information content (AvgIpc) is 3.08. The van der Waals surface area contributed by atoms with Crippen LogP contribution in [0.4, 0.5) is 0 Å². The first kappa shape index (κ1) is 14.1. The SMILES string of the molecule is C#CCO[C@@H]1Cc2ccccc2[C@@H]1N1CCCC1C(N)=O. The summed E-state index contributed by atoms with van der Waals surface area (Å²) < 4.78 is 5.86. The number of nitrogens with two attached hydrogens (primary N) is 1. The predicted molar refractivity (Wildman–Crippen MR) is 80.4 cm³/mol. The number of benzene rings is 1. The van der Waals surface area contributed by atoms with Gasteiger partial charge in [0.25, 0.3) is 0 Å². The van der Waals surface area contributed by atoms with Gasteiger partial charge in [0.1, 0.15) is 6.61 Å². The summed E-state index contributed by atoms with van der Waals surface area (Å²) >= 11 is 0. The highest BCUT2D eigenvalue weighted by Gasteiger charge is 2.43. The number of carbonyl (C=O) groups is 1. The Balaban J connectivity index is 1.92. The van der Waals surface area contributed by atoms with Crippen LogP contribution in [0.25, 0.3) is 0 Å². The molecule has 3 atom stereocenters. The van der Waals surface area contributed by atoms with E-state index in [2.05, 4.69) is 23.0 Å². The first-order chi connectivity index (χ1) is 10.2. The Morgan fingerprint density at radius 3 is 3.05 bits per heavy atom. The van der Waals surface area contributed by atoms with E-state index in [9.17, 15) is 4.79 Å². The maximum Gasteiger partial charge on any atom is 0.234 e. The maximum absolute atomic E-state index is 11.7. The van der Waals surface area contributed by atoms with Crippen molar-refractivity contribution in [1.82, 2.24) is 4.90 Å². The third-order valence-corrected chi connectivity index (χ3v) is 4.51. The number of nitrogens with zero attached hydrogens (tertiary/aromatic N) is 1. The van der Waals surface area contributed by atoms with Crippen molar-refractivity contribution in [1.29, 1.82) is 0 Å². The highest BCUT2D eigenvalue weighted by Crippen LogP contribution is 2.41. The zero-order valence-electron chi connectivity index (χ0n) is 12.0. The lowest BCUT2D eigenvalue weighted by molar-refractivity contribution is -0.124. The van der Waals surface area contributed by atoms with E-state index >= 15 is 0 Å². The quantitative estimate of drug-likeness (QED) is 0.847. The van der Waals surface area contributed by atoms with Crippen LogP contribution in [0.15, 0.2) is 24.3 Å². The Kier molecular flexibility index (Phi) is 3.96. The molecule has 1 aliphatic carbocycles. The fourth-order valence-corrected chi connectivity index (χ4v) is 3.66. The van der Waals surface area contributed by atoms with Crippen molar-refractivity contribution in [3.05, 3.63) is 35.4 Å². The molecule has 0 saturated carbocycles. The normalized spacial score (nSPS) is 28.2. The first-order valence-corrected chi connectivity index (χ1v) is 7.40. The summed E-state index contributed by atoms with van der Waals surface area (Å²) in [5.41, 5.74) is 8.09. The van der Waals surface area contributed by atoms with Crippen LogP contribution >= 0.6 is 0 Å². The van der Waals surface area contributed by atoms with Crippen LogP contribution in [0, 0.1) is 12.3 Å². The van der Waals surface area contributed by atoms with Gasteiger partial charge in [-0.05, 0) is 30.5 Å². The molecule has 3 rings (SSSR count). The maximum atomic E-state index is 11.7. The third kappa shape index (κ3) is 2.55. The van der Waals surface area contributed by atoms with Gasteiger partial charge in [0.05, 0.1) is 18.2 Å². The van der Waals surface area contributed by atoms with Crippen molar-refractivity contribution in [3.63, 3.8) is 0 Å². The van der Waals surface area contributed by atoms with E-state index in [4.69, 9.17) is 16.9 Å². The van der Waals surface area contributed by atoms with Crippen LogP contribution in [0.3, 0.4) is 0 Å². The standard InChI is InChI=1S/C17H20N2O2/c1-2-10-21-15-11-12-6-3-4-7-13(12)16(15)19-9-5-8-14(19)17(18)20/h1,3-4,6-7,14-16H,5,8-11H2,(H2,18,20)/t14?,15-,16+/m1/s1. The molecule has 1 amide bonds. The van der Waals surface area contributed by atoms with Crippen LogP contribution < -0.4 is 5.73 Å². The topological polar surface area (TPSA) is 55.6 Å². The molecule has 1 saturated heterocycles. The molecule has 1 aromatic carbocycles. The van der Waals surface area contributed by atoms with Crippen LogP contribution in [-0.4, -0.2) is 36.1 Å². The Hall–Kier alpha value is -1.83. The van der Waals surface area contributed by atoms with Gasteiger partial charge in [-0.2, -0.15) is 0 Å². The van der Waals surface area contributed by atoms with Gasteiger partial charge in [0.2, 0.25) is 5.91 Å². The minimum Gasteiger partial charge on any atom is -0.368 e. The molecule has 1 unspecified atom stereocenters. The molecule has 1 fully saturated rings. The molecule has 1 aromatic rings. The Morgan fingerprint density at radius 1 is 1.48 bits per heavy atom. The van der Waals surface area contributed by atoms with Crippen LogP contribution in [0.5, 0.6) is 0 Å². The zero-order chi connectivity index (χ0) is 14.8. The summed E-state index contributed by atoms with van der Waals surface area (Å²) in [7, 11) is 0. The molecule has 0 radical (unpaired) electrons. The van der Waals surface area contributed by atoms with Crippen molar-refractivity contribution >= 4 is 5.91 Å². The number of ether oxygens (including phenoxy) is 1. The van der Waals surface area contributed by atoms with E-state index in [0.717, 1.165) is 25.8 Å². The zero-order valence-corrected chi connectivity index (χ0v) is 12.0. The summed E-state index contributed by atoms with van der Waals surface area (Å²) in [5.74, 6) is 2.29. The van der Waals surface area contributed by atoms with Gasteiger partial charge in [-0.1, -0.05) is 30.2 Å². The van der Waals surface area contributed by atoms with E-state index in [1.807, 2.05) is 12.1 Å². The van der Waals surface area contributed by atoms with Crippen molar-refractivity contribution in [3.8, 4) is 12.3 Å². The van der Waals surface area contributed by atoms with E-state index in [0.29, 0.717) is 6.61 Å². The number of hydrogen-bond acceptors (Lipinski definition) is 3. The molecule has 2 aliphatic rings. The molecule has 0 aromatic heterocycles. The lowest BCUT2D eigenvalue weighted by Crippen LogP contribution is -2.45. The molecule has 0 spiro atoms. The molecule has 1 heterocycles. The second kappa shape index (κ2) is 5.88. The molecule has 110 valence electrons.